The Morgan fingerprint density at radius 1 is 1.45 bits per heavy atom. The summed E-state index contributed by atoms with van der Waals surface area (Å²) in [6, 6.07) is 5.83. The van der Waals surface area contributed by atoms with E-state index in [0.717, 1.165) is 16.8 Å². The van der Waals surface area contributed by atoms with Gasteiger partial charge in [-0.3, -0.25) is 4.79 Å². The molecule has 0 aliphatic rings. The van der Waals surface area contributed by atoms with Crippen LogP contribution in [0.25, 0.3) is 0 Å². The average molecular weight is 291 g/mol. The highest BCUT2D eigenvalue weighted by Gasteiger charge is 2.18. The number of aromatic nitrogens is 3. The monoisotopic (exact) mass is 291 g/mol. The fraction of sp³-hybridized carbons (Fsp3) is 0.308. The third kappa shape index (κ3) is 3.11. The van der Waals surface area contributed by atoms with Crippen LogP contribution in [0.5, 0.6) is 0 Å². The van der Waals surface area contributed by atoms with E-state index in [-0.39, 0.29) is 11.2 Å². The maximum absolute atomic E-state index is 12.2. The number of anilines is 1. The summed E-state index contributed by atoms with van der Waals surface area (Å²) < 4.78 is 1.30. The second-order valence-corrected chi connectivity index (χ2v) is 5.83. The van der Waals surface area contributed by atoms with E-state index < -0.39 is 0 Å². The quantitative estimate of drug-likeness (QED) is 0.662. The minimum absolute atomic E-state index is 0.0910. The first-order chi connectivity index (χ1) is 9.49. The molecule has 3 N–H and O–H groups in total. The lowest BCUT2D eigenvalue weighted by molar-refractivity contribution is -0.115. The van der Waals surface area contributed by atoms with Gasteiger partial charge in [0.1, 0.15) is 6.33 Å². The van der Waals surface area contributed by atoms with Crippen molar-refractivity contribution in [1.29, 1.82) is 0 Å². The number of thioether (sulfide) groups is 1. The Balaban J connectivity index is 2.04. The number of nitrogens with zero attached hydrogens (tertiary/aromatic N) is 3. The molecule has 2 rings (SSSR count). The number of carbonyl (C=O) groups is 1. The van der Waals surface area contributed by atoms with Crippen molar-refractivity contribution in [2.24, 2.45) is 0 Å². The fourth-order valence-corrected chi connectivity index (χ4v) is 2.39. The van der Waals surface area contributed by atoms with Gasteiger partial charge in [-0.1, -0.05) is 23.9 Å². The minimum Gasteiger partial charge on any atom is -0.336 e. The van der Waals surface area contributed by atoms with Gasteiger partial charge in [-0.05, 0) is 38.0 Å². The Morgan fingerprint density at radius 2 is 2.20 bits per heavy atom. The number of amides is 1. The molecule has 0 radical (unpaired) electrons. The highest BCUT2D eigenvalue weighted by atomic mass is 32.2. The summed E-state index contributed by atoms with van der Waals surface area (Å²) in [5, 5.41) is 10.6. The zero-order valence-corrected chi connectivity index (χ0v) is 12.4. The van der Waals surface area contributed by atoms with E-state index >= 15 is 0 Å². The fourth-order valence-electron chi connectivity index (χ4n) is 1.65. The molecule has 1 aromatic heterocycles. The molecule has 6 nitrogen and oxygen atoms in total. The molecule has 0 saturated heterocycles. The van der Waals surface area contributed by atoms with Crippen molar-refractivity contribution in [2.45, 2.75) is 31.2 Å². The molecule has 0 bridgehead atoms. The molecule has 1 atom stereocenters. The zero-order chi connectivity index (χ0) is 14.7. The van der Waals surface area contributed by atoms with Gasteiger partial charge in [-0.25, -0.2) is 4.68 Å². The van der Waals surface area contributed by atoms with Gasteiger partial charge >= 0.3 is 0 Å². The summed E-state index contributed by atoms with van der Waals surface area (Å²) in [5.41, 5.74) is 3.04. The molecule has 7 heteroatoms. The van der Waals surface area contributed by atoms with Crippen LogP contribution >= 0.6 is 11.8 Å². The lowest BCUT2D eigenvalue weighted by Crippen LogP contribution is -2.24. The molecule has 1 unspecified atom stereocenters. The average Bonchev–Trinajstić information content (AvgIpc) is 2.80. The van der Waals surface area contributed by atoms with Crippen LogP contribution in [-0.2, 0) is 4.79 Å². The number of nitrogens with one attached hydrogen (secondary N) is 1. The summed E-state index contributed by atoms with van der Waals surface area (Å²) in [7, 11) is 0. The SMILES string of the molecule is Cc1cccc(NC(=O)C(C)Sc2nncn2N)c1C. The predicted molar refractivity (Wildman–Crippen MR) is 80.0 cm³/mol. The highest BCUT2D eigenvalue weighted by Crippen LogP contribution is 2.23. The van der Waals surface area contributed by atoms with E-state index in [1.165, 1.54) is 22.8 Å². The van der Waals surface area contributed by atoms with Gasteiger partial charge in [0.2, 0.25) is 11.1 Å². The van der Waals surface area contributed by atoms with Crippen LogP contribution in [0.15, 0.2) is 29.7 Å². The summed E-state index contributed by atoms with van der Waals surface area (Å²) in [6.07, 6.45) is 1.40. The molecule has 0 aliphatic carbocycles. The van der Waals surface area contributed by atoms with Crippen molar-refractivity contribution in [3.63, 3.8) is 0 Å². The number of hydrogen-bond acceptors (Lipinski definition) is 5. The van der Waals surface area contributed by atoms with Crippen molar-refractivity contribution in [1.82, 2.24) is 14.9 Å². The number of rotatable bonds is 4. The van der Waals surface area contributed by atoms with Crippen LogP contribution in [-0.4, -0.2) is 26.0 Å². The maximum atomic E-state index is 12.2. The molecule has 106 valence electrons. The van der Waals surface area contributed by atoms with E-state index in [0.29, 0.717) is 5.16 Å². The summed E-state index contributed by atoms with van der Waals surface area (Å²) in [6.45, 7) is 5.80. The lowest BCUT2D eigenvalue weighted by Gasteiger charge is -2.13. The number of hydrogen-bond donors (Lipinski definition) is 2. The summed E-state index contributed by atoms with van der Waals surface area (Å²) in [4.78, 5) is 12.2. The smallest absolute Gasteiger partial charge is 0.237 e. The first-order valence-electron chi connectivity index (χ1n) is 6.18. The Hall–Kier alpha value is -2.02. The molecule has 0 spiro atoms. The van der Waals surface area contributed by atoms with Crippen molar-refractivity contribution in [3.05, 3.63) is 35.7 Å². The Labute approximate surface area is 121 Å². The molecule has 20 heavy (non-hydrogen) atoms. The zero-order valence-electron chi connectivity index (χ0n) is 11.6. The molecular formula is C13H17N5OS. The van der Waals surface area contributed by atoms with Crippen LogP contribution < -0.4 is 11.2 Å². The number of nitrogen functional groups attached to an aromatic ring is 1. The number of aryl methyl sites for hydroxylation is 1. The van der Waals surface area contributed by atoms with Crippen LogP contribution in [0, 0.1) is 13.8 Å². The molecule has 1 amide bonds. The van der Waals surface area contributed by atoms with Crippen LogP contribution in [0.3, 0.4) is 0 Å². The number of carbonyl (C=O) groups excluding carboxylic acids is 1. The predicted octanol–water partition coefficient (Wildman–Crippen LogP) is 1.73. The van der Waals surface area contributed by atoms with Gasteiger partial charge in [0.05, 0.1) is 5.25 Å². The van der Waals surface area contributed by atoms with Crippen molar-refractivity contribution < 1.29 is 4.79 Å². The molecule has 1 heterocycles. The molecule has 0 fully saturated rings. The molecule has 0 aliphatic heterocycles. The van der Waals surface area contributed by atoms with Gasteiger partial charge in [0.15, 0.2) is 0 Å². The first-order valence-corrected chi connectivity index (χ1v) is 7.06. The van der Waals surface area contributed by atoms with Crippen molar-refractivity contribution in [2.75, 3.05) is 11.2 Å². The molecule has 2 aromatic rings. The summed E-state index contributed by atoms with van der Waals surface area (Å²) in [5.74, 6) is 5.53. The standard InChI is InChI=1S/C13H17N5OS/c1-8-5-4-6-11(9(8)2)16-12(19)10(3)20-13-17-15-7-18(13)14/h4-7,10H,14H2,1-3H3,(H,16,19). The highest BCUT2D eigenvalue weighted by molar-refractivity contribution is 8.00. The first kappa shape index (κ1) is 14.4. The van der Waals surface area contributed by atoms with Crippen LogP contribution in [0.2, 0.25) is 0 Å². The topological polar surface area (TPSA) is 85.8 Å². The van der Waals surface area contributed by atoms with Gasteiger partial charge < -0.3 is 11.2 Å². The minimum atomic E-state index is -0.318. The largest absolute Gasteiger partial charge is 0.336 e. The van der Waals surface area contributed by atoms with E-state index in [9.17, 15) is 4.79 Å². The Kier molecular flexibility index (Phi) is 4.29. The summed E-state index contributed by atoms with van der Waals surface area (Å²) >= 11 is 1.27. The van der Waals surface area contributed by atoms with Gasteiger partial charge in [-0.2, -0.15) is 0 Å². The van der Waals surface area contributed by atoms with E-state index in [1.54, 1.807) is 6.92 Å². The number of benzene rings is 1. The molecule has 1 aromatic carbocycles. The van der Waals surface area contributed by atoms with E-state index in [1.807, 2.05) is 32.0 Å². The second kappa shape index (κ2) is 5.96. The molecular weight excluding hydrogens is 274 g/mol. The van der Waals surface area contributed by atoms with Gasteiger partial charge in [0, 0.05) is 5.69 Å². The maximum Gasteiger partial charge on any atom is 0.237 e. The van der Waals surface area contributed by atoms with E-state index in [4.69, 9.17) is 5.84 Å². The third-order valence-electron chi connectivity index (χ3n) is 3.05. The Bertz CT molecular complexity index is 625. The van der Waals surface area contributed by atoms with Crippen LogP contribution in [0.4, 0.5) is 5.69 Å². The second-order valence-electron chi connectivity index (χ2n) is 4.52. The van der Waals surface area contributed by atoms with E-state index in [2.05, 4.69) is 15.5 Å². The van der Waals surface area contributed by atoms with Crippen molar-refractivity contribution in [3.8, 4) is 0 Å². The van der Waals surface area contributed by atoms with Crippen molar-refractivity contribution >= 4 is 23.4 Å². The number of nitrogens with two attached hydrogens (primary N) is 1. The van der Waals surface area contributed by atoms with Gasteiger partial charge in [-0.15, -0.1) is 10.2 Å². The lowest BCUT2D eigenvalue weighted by atomic mass is 10.1. The third-order valence-corrected chi connectivity index (χ3v) is 4.13. The Morgan fingerprint density at radius 3 is 2.85 bits per heavy atom. The van der Waals surface area contributed by atoms with Gasteiger partial charge in [0.25, 0.3) is 0 Å². The van der Waals surface area contributed by atoms with Crippen LogP contribution in [0.1, 0.15) is 18.1 Å². The normalized spacial score (nSPS) is 12.2. The molecule has 0 saturated carbocycles.